The van der Waals surface area contributed by atoms with Crippen LogP contribution in [0.1, 0.15) is 35.3 Å². The molecule has 0 fully saturated rings. The Hall–Kier alpha value is -3.74. The molecular formula is C23H22N4O4S. The number of sulfonamides is 1. The summed E-state index contributed by atoms with van der Waals surface area (Å²) in [5, 5.41) is 23.7. The SMILES string of the molecule is CCN(CC)S(=O)(=O)c1ccc(/C=N/NC(=O)c2ccc(O)c(C#N)c2)c2ccccc12. The molecular weight excluding hydrogens is 428 g/mol. The number of phenols is 1. The number of nitrogens with zero attached hydrogens (tertiary/aromatic N) is 3. The van der Waals surface area contributed by atoms with Crippen LogP contribution >= 0.6 is 0 Å². The zero-order valence-electron chi connectivity index (χ0n) is 17.6. The first-order valence-electron chi connectivity index (χ1n) is 9.91. The second-order valence-corrected chi connectivity index (χ2v) is 8.74. The number of nitrogens with one attached hydrogen (secondary N) is 1. The van der Waals surface area contributed by atoms with E-state index in [-0.39, 0.29) is 21.8 Å². The molecule has 0 radical (unpaired) electrons. The number of aromatic hydroxyl groups is 1. The van der Waals surface area contributed by atoms with Crippen LogP contribution in [0.4, 0.5) is 0 Å². The maximum atomic E-state index is 13.1. The van der Waals surface area contributed by atoms with Crippen LogP contribution in [0, 0.1) is 11.3 Å². The predicted molar refractivity (Wildman–Crippen MR) is 122 cm³/mol. The molecule has 0 atom stereocenters. The van der Waals surface area contributed by atoms with Crippen molar-refractivity contribution in [2.45, 2.75) is 18.7 Å². The molecule has 0 saturated heterocycles. The van der Waals surface area contributed by atoms with E-state index in [0.29, 0.717) is 29.4 Å². The third-order valence-electron chi connectivity index (χ3n) is 4.99. The molecule has 3 aromatic carbocycles. The predicted octanol–water partition coefficient (Wildman–Crippen LogP) is 3.21. The number of hydrogen-bond acceptors (Lipinski definition) is 6. The van der Waals surface area contributed by atoms with Crippen molar-refractivity contribution in [3.8, 4) is 11.8 Å². The van der Waals surface area contributed by atoms with Crippen LogP contribution in [0.15, 0.2) is 64.6 Å². The Morgan fingerprint density at radius 3 is 2.47 bits per heavy atom. The first-order chi connectivity index (χ1) is 15.3. The van der Waals surface area contributed by atoms with Gasteiger partial charge in [0.25, 0.3) is 5.91 Å². The standard InChI is InChI=1S/C23H22N4O4S/c1-3-27(4-2)32(30,31)22-12-10-17(19-7-5-6-8-20(19)22)15-25-26-23(29)16-9-11-21(28)18(13-16)14-24/h5-13,15,28H,3-4H2,1-2H3,(H,26,29)/b25-15+. The number of phenolic OH excluding ortho intramolecular Hbond substituents is 1. The van der Waals surface area contributed by atoms with Gasteiger partial charge in [0, 0.05) is 29.6 Å². The van der Waals surface area contributed by atoms with Gasteiger partial charge in [0.15, 0.2) is 0 Å². The van der Waals surface area contributed by atoms with Gasteiger partial charge in [-0.2, -0.15) is 14.7 Å². The van der Waals surface area contributed by atoms with Crippen molar-refractivity contribution >= 4 is 32.9 Å². The average molecular weight is 451 g/mol. The number of carbonyl (C=O) groups excluding carboxylic acids is 1. The quantitative estimate of drug-likeness (QED) is 0.423. The lowest BCUT2D eigenvalue weighted by Gasteiger charge is -2.20. The number of carbonyl (C=O) groups is 1. The number of benzene rings is 3. The van der Waals surface area contributed by atoms with E-state index in [9.17, 15) is 18.3 Å². The first kappa shape index (κ1) is 22.9. The number of hydrazone groups is 1. The van der Waals surface area contributed by atoms with E-state index in [1.54, 1.807) is 56.3 Å². The molecule has 9 heteroatoms. The Morgan fingerprint density at radius 2 is 1.81 bits per heavy atom. The highest BCUT2D eigenvalue weighted by atomic mass is 32.2. The fourth-order valence-electron chi connectivity index (χ4n) is 3.33. The van der Waals surface area contributed by atoms with Crippen molar-refractivity contribution in [3.63, 3.8) is 0 Å². The summed E-state index contributed by atoms with van der Waals surface area (Å²) in [4.78, 5) is 12.5. The van der Waals surface area contributed by atoms with Gasteiger partial charge in [0.1, 0.15) is 11.8 Å². The Kier molecular flexibility index (Phi) is 6.88. The van der Waals surface area contributed by atoms with E-state index in [1.807, 2.05) is 0 Å². The smallest absolute Gasteiger partial charge is 0.271 e. The molecule has 0 aliphatic heterocycles. The van der Waals surface area contributed by atoms with Gasteiger partial charge in [-0.15, -0.1) is 0 Å². The van der Waals surface area contributed by atoms with Gasteiger partial charge in [-0.25, -0.2) is 13.8 Å². The van der Waals surface area contributed by atoms with Gasteiger partial charge in [0.05, 0.1) is 16.7 Å². The lowest BCUT2D eigenvalue weighted by molar-refractivity contribution is 0.0955. The van der Waals surface area contributed by atoms with Crippen molar-refractivity contribution < 1.29 is 18.3 Å². The van der Waals surface area contributed by atoms with Crippen molar-refractivity contribution in [1.29, 1.82) is 5.26 Å². The molecule has 1 amide bonds. The fourth-order valence-corrected chi connectivity index (χ4v) is 4.98. The van der Waals surface area contributed by atoms with Gasteiger partial charge in [0.2, 0.25) is 10.0 Å². The highest BCUT2D eigenvalue weighted by Gasteiger charge is 2.24. The molecule has 0 unspecified atom stereocenters. The van der Waals surface area contributed by atoms with Crippen LogP contribution < -0.4 is 5.43 Å². The van der Waals surface area contributed by atoms with Crippen LogP contribution in [-0.2, 0) is 10.0 Å². The molecule has 0 aliphatic rings. The number of nitriles is 1. The number of rotatable bonds is 7. The summed E-state index contributed by atoms with van der Waals surface area (Å²) in [5.74, 6) is -0.762. The molecule has 8 nitrogen and oxygen atoms in total. The van der Waals surface area contributed by atoms with Crippen molar-refractivity contribution in [1.82, 2.24) is 9.73 Å². The molecule has 32 heavy (non-hydrogen) atoms. The fraction of sp³-hybridized carbons (Fsp3) is 0.174. The zero-order chi connectivity index (χ0) is 23.3. The number of amides is 1. The summed E-state index contributed by atoms with van der Waals surface area (Å²) in [6.45, 7) is 4.32. The Labute approximate surface area is 186 Å². The lowest BCUT2D eigenvalue weighted by Crippen LogP contribution is -2.30. The van der Waals surface area contributed by atoms with E-state index >= 15 is 0 Å². The van der Waals surface area contributed by atoms with E-state index in [4.69, 9.17) is 5.26 Å². The van der Waals surface area contributed by atoms with Crippen LogP contribution in [-0.4, -0.2) is 43.0 Å². The summed E-state index contributed by atoms with van der Waals surface area (Å²) >= 11 is 0. The molecule has 0 spiro atoms. The van der Waals surface area contributed by atoms with Gasteiger partial charge >= 0.3 is 0 Å². The lowest BCUT2D eigenvalue weighted by atomic mass is 10.1. The van der Waals surface area contributed by atoms with E-state index < -0.39 is 15.9 Å². The Morgan fingerprint density at radius 1 is 1.12 bits per heavy atom. The van der Waals surface area contributed by atoms with Gasteiger partial charge in [-0.1, -0.05) is 44.2 Å². The number of hydrogen-bond donors (Lipinski definition) is 2. The first-order valence-corrected chi connectivity index (χ1v) is 11.4. The molecule has 164 valence electrons. The second-order valence-electron chi connectivity index (χ2n) is 6.83. The molecule has 0 aliphatic carbocycles. The molecule has 3 aromatic rings. The van der Waals surface area contributed by atoms with Gasteiger partial charge < -0.3 is 5.11 Å². The third-order valence-corrected chi connectivity index (χ3v) is 7.10. The minimum absolute atomic E-state index is 0.0161. The normalized spacial score (nSPS) is 11.7. The molecule has 3 rings (SSSR count). The highest BCUT2D eigenvalue weighted by Crippen LogP contribution is 2.28. The van der Waals surface area contributed by atoms with E-state index in [0.717, 1.165) is 0 Å². The second kappa shape index (κ2) is 9.60. The summed E-state index contributed by atoms with van der Waals surface area (Å²) in [6.07, 6.45) is 1.43. The van der Waals surface area contributed by atoms with Crippen LogP contribution in [0.5, 0.6) is 5.75 Å². The molecule has 0 bridgehead atoms. The summed E-state index contributed by atoms with van der Waals surface area (Å²) in [6, 6.07) is 16.0. The maximum Gasteiger partial charge on any atom is 0.271 e. The van der Waals surface area contributed by atoms with Crippen LogP contribution in [0.25, 0.3) is 10.8 Å². The van der Waals surface area contributed by atoms with Crippen molar-refractivity contribution in [3.05, 3.63) is 71.3 Å². The van der Waals surface area contributed by atoms with E-state index in [1.165, 1.54) is 28.7 Å². The summed E-state index contributed by atoms with van der Waals surface area (Å²) < 4.78 is 27.5. The van der Waals surface area contributed by atoms with E-state index in [2.05, 4.69) is 10.5 Å². The summed E-state index contributed by atoms with van der Waals surface area (Å²) in [7, 11) is -3.65. The molecule has 0 aromatic heterocycles. The highest BCUT2D eigenvalue weighted by molar-refractivity contribution is 7.89. The van der Waals surface area contributed by atoms with Gasteiger partial charge in [-0.3, -0.25) is 4.79 Å². The minimum atomic E-state index is -3.65. The minimum Gasteiger partial charge on any atom is -0.507 e. The Balaban J connectivity index is 1.92. The summed E-state index contributed by atoms with van der Waals surface area (Å²) in [5.41, 5.74) is 3.16. The average Bonchev–Trinajstić information content (AvgIpc) is 2.79. The third kappa shape index (κ3) is 4.46. The number of fused-ring (bicyclic) bond motifs is 1. The zero-order valence-corrected chi connectivity index (χ0v) is 18.4. The maximum absolute atomic E-state index is 13.1. The molecule has 0 saturated carbocycles. The van der Waals surface area contributed by atoms with Crippen LogP contribution in [0.3, 0.4) is 0 Å². The largest absolute Gasteiger partial charge is 0.507 e. The Bertz CT molecular complexity index is 1340. The molecule has 0 heterocycles. The van der Waals surface area contributed by atoms with Gasteiger partial charge in [-0.05, 0) is 29.7 Å². The van der Waals surface area contributed by atoms with Crippen LogP contribution in [0.2, 0.25) is 0 Å². The topological polar surface area (TPSA) is 123 Å². The monoisotopic (exact) mass is 450 g/mol. The molecule has 2 N–H and O–H groups in total. The van der Waals surface area contributed by atoms with Crippen molar-refractivity contribution in [2.75, 3.05) is 13.1 Å². The van der Waals surface area contributed by atoms with Crippen molar-refractivity contribution in [2.24, 2.45) is 5.10 Å².